The Morgan fingerprint density at radius 3 is 2.71 bits per heavy atom. The van der Waals surface area contributed by atoms with Gasteiger partial charge in [-0.2, -0.15) is 0 Å². The number of hydrogen-bond donors (Lipinski definition) is 1. The van der Waals surface area contributed by atoms with Gasteiger partial charge in [-0.25, -0.2) is 0 Å². The van der Waals surface area contributed by atoms with Crippen molar-refractivity contribution in [1.82, 2.24) is 9.88 Å². The predicted molar refractivity (Wildman–Crippen MR) is 81.6 cm³/mol. The molecular weight excluding hydrogens is 266 g/mol. The molecule has 2 N–H and O–H groups in total. The zero-order valence-electron chi connectivity index (χ0n) is 13.0. The average Bonchev–Trinajstić information content (AvgIpc) is 2.52. The van der Waals surface area contributed by atoms with E-state index in [0.717, 1.165) is 11.4 Å². The zero-order chi connectivity index (χ0) is 15.3. The quantitative estimate of drug-likeness (QED) is 0.892. The highest BCUT2D eigenvalue weighted by molar-refractivity contribution is 5.83. The third kappa shape index (κ3) is 3.60. The van der Waals surface area contributed by atoms with E-state index in [2.05, 4.69) is 4.98 Å². The van der Waals surface area contributed by atoms with Gasteiger partial charge in [-0.05, 0) is 38.8 Å². The minimum Gasteiger partial charge on any atom is -0.381 e. The molecule has 0 atom stereocenters. The van der Waals surface area contributed by atoms with Gasteiger partial charge in [0, 0.05) is 32.0 Å². The number of hydrogen-bond acceptors (Lipinski definition) is 4. The van der Waals surface area contributed by atoms with E-state index >= 15 is 0 Å². The van der Waals surface area contributed by atoms with Crippen LogP contribution in [0.2, 0.25) is 0 Å². The first-order valence-corrected chi connectivity index (χ1v) is 7.61. The van der Waals surface area contributed by atoms with Crippen LogP contribution in [0.4, 0.5) is 0 Å². The highest BCUT2D eigenvalue weighted by atomic mass is 16.5. The van der Waals surface area contributed by atoms with Crippen LogP contribution in [-0.4, -0.2) is 42.1 Å². The van der Waals surface area contributed by atoms with Crippen LogP contribution in [0.1, 0.15) is 31.2 Å². The van der Waals surface area contributed by atoms with Gasteiger partial charge in [0.25, 0.3) is 0 Å². The summed E-state index contributed by atoms with van der Waals surface area (Å²) in [4.78, 5) is 19.3. The number of nitrogens with two attached hydrogens (primary N) is 1. The van der Waals surface area contributed by atoms with E-state index in [1.165, 1.54) is 0 Å². The van der Waals surface area contributed by atoms with Crippen molar-refractivity contribution in [2.45, 2.75) is 33.2 Å². The van der Waals surface area contributed by atoms with Gasteiger partial charge in [-0.3, -0.25) is 9.78 Å². The van der Waals surface area contributed by atoms with Crippen LogP contribution in [0.5, 0.6) is 0 Å². The lowest BCUT2D eigenvalue weighted by Crippen LogP contribution is -2.50. The van der Waals surface area contributed by atoms with Crippen molar-refractivity contribution >= 4 is 5.91 Å². The fraction of sp³-hybridized carbons (Fsp3) is 0.625. The Hall–Kier alpha value is -1.46. The minimum atomic E-state index is -0.460. The average molecular weight is 291 g/mol. The van der Waals surface area contributed by atoms with E-state index in [1.807, 2.05) is 36.9 Å². The molecule has 0 unspecified atom stereocenters. The molecule has 2 heterocycles. The van der Waals surface area contributed by atoms with Crippen LogP contribution in [0.25, 0.3) is 0 Å². The van der Waals surface area contributed by atoms with Crippen molar-refractivity contribution in [3.05, 3.63) is 29.6 Å². The van der Waals surface area contributed by atoms with Crippen molar-refractivity contribution < 1.29 is 9.53 Å². The molecule has 0 radical (unpaired) electrons. The van der Waals surface area contributed by atoms with Gasteiger partial charge in [-0.1, -0.05) is 6.07 Å². The summed E-state index contributed by atoms with van der Waals surface area (Å²) in [7, 11) is 0. The van der Waals surface area contributed by atoms with Crippen molar-refractivity contribution in [1.29, 1.82) is 0 Å². The number of aryl methyl sites for hydroxylation is 1. The van der Waals surface area contributed by atoms with E-state index in [4.69, 9.17) is 10.5 Å². The monoisotopic (exact) mass is 291 g/mol. The van der Waals surface area contributed by atoms with E-state index < -0.39 is 5.41 Å². The molecule has 1 aromatic rings. The Morgan fingerprint density at radius 2 is 2.14 bits per heavy atom. The maximum atomic E-state index is 12.9. The maximum Gasteiger partial charge on any atom is 0.230 e. The summed E-state index contributed by atoms with van der Waals surface area (Å²) in [6.45, 7) is 6.77. The van der Waals surface area contributed by atoms with Gasteiger partial charge in [0.05, 0.1) is 17.7 Å². The Morgan fingerprint density at radius 1 is 1.43 bits per heavy atom. The molecule has 116 valence electrons. The first-order chi connectivity index (χ1) is 10.1. The number of pyridine rings is 1. The number of carbonyl (C=O) groups excluding carboxylic acids is 1. The van der Waals surface area contributed by atoms with E-state index in [-0.39, 0.29) is 5.91 Å². The van der Waals surface area contributed by atoms with Crippen molar-refractivity contribution in [2.24, 2.45) is 11.1 Å². The van der Waals surface area contributed by atoms with E-state index in [1.54, 1.807) is 0 Å². The maximum absolute atomic E-state index is 12.9. The molecule has 2 rings (SSSR count). The summed E-state index contributed by atoms with van der Waals surface area (Å²) < 4.78 is 5.39. The van der Waals surface area contributed by atoms with Crippen molar-refractivity contribution in [2.75, 3.05) is 26.3 Å². The number of ether oxygens (including phenoxy) is 1. The summed E-state index contributed by atoms with van der Waals surface area (Å²) in [5.74, 6) is 0.138. The number of rotatable bonds is 5. The second kappa shape index (κ2) is 7.00. The largest absolute Gasteiger partial charge is 0.381 e. The zero-order valence-corrected chi connectivity index (χ0v) is 13.0. The molecule has 1 aliphatic rings. The Balaban J connectivity index is 2.14. The Labute approximate surface area is 126 Å². The van der Waals surface area contributed by atoms with E-state index in [9.17, 15) is 4.79 Å². The highest BCUT2D eigenvalue weighted by Gasteiger charge is 2.41. The van der Waals surface area contributed by atoms with Gasteiger partial charge in [0.15, 0.2) is 0 Å². The number of carbonyl (C=O) groups is 1. The molecular formula is C16H25N3O2. The summed E-state index contributed by atoms with van der Waals surface area (Å²) in [5.41, 5.74) is 7.36. The normalized spacial score (nSPS) is 17.5. The van der Waals surface area contributed by atoms with Crippen molar-refractivity contribution in [3.63, 3.8) is 0 Å². The Bertz CT molecular complexity index is 484. The lowest BCUT2D eigenvalue weighted by molar-refractivity contribution is -0.147. The molecule has 0 saturated carbocycles. The van der Waals surface area contributed by atoms with Gasteiger partial charge >= 0.3 is 0 Å². The molecule has 1 aromatic heterocycles. The van der Waals surface area contributed by atoms with Gasteiger partial charge < -0.3 is 15.4 Å². The SMILES string of the molecule is CCN(Cc1cccc(C)n1)C(=O)C1(CN)CCOCC1. The molecule has 0 bridgehead atoms. The molecule has 1 fully saturated rings. The van der Waals surface area contributed by atoms with E-state index in [0.29, 0.717) is 45.7 Å². The topological polar surface area (TPSA) is 68.5 Å². The fourth-order valence-corrected chi connectivity index (χ4v) is 2.81. The number of aromatic nitrogens is 1. The lowest BCUT2D eigenvalue weighted by Gasteiger charge is -2.38. The second-order valence-corrected chi connectivity index (χ2v) is 5.69. The smallest absolute Gasteiger partial charge is 0.230 e. The van der Waals surface area contributed by atoms with Crippen LogP contribution in [0, 0.1) is 12.3 Å². The molecule has 21 heavy (non-hydrogen) atoms. The summed E-state index contributed by atoms with van der Waals surface area (Å²) in [5, 5.41) is 0. The Kier molecular flexibility index (Phi) is 5.31. The summed E-state index contributed by atoms with van der Waals surface area (Å²) >= 11 is 0. The summed E-state index contributed by atoms with van der Waals surface area (Å²) in [6.07, 6.45) is 1.42. The standard InChI is InChI=1S/C16H25N3O2/c1-3-19(11-14-6-4-5-13(2)18-14)15(20)16(12-17)7-9-21-10-8-16/h4-6H,3,7-12,17H2,1-2H3. The number of nitrogens with zero attached hydrogens (tertiary/aromatic N) is 2. The molecule has 1 aliphatic heterocycles. The molecule has 1 saturated heterocycles. The third-order valence-electron chi connectivity index (χ3n) is 4.26. The molecule has 5 heteroatoms. The van der Waals surface area contributed by atoms with Gasteiger partial charge in [0.1, 0.15) is 0 Å². The lowest BCUT2D eigenvalue weighted by atomic mass is 9.79. The minimum absolute atomic E-state index is 0.138. The molecule has 0 aromatic carbocycles. The van der Waals surface area contributed by atoms with Gasteiger partial charge in [0.2, 0.25) is 5.91 Å². The predicted octanol–water partition coefficient (Wildman–Crippen LogP) is 1.49. The summed E-state index contributed by atoms with van der Waals surface area (Å²) in [6, 6.07) is 5.90. The first-order valence-electron chi connectivity index (χ1n) is 7.61. The molecule has 0 aliphatic carbocycles. The molecule has 0 spiro atoms. The van der Waals surface area contributed by atoms with Crippen LogP contribution in [0.3, 0.4) is 0 Å². The van der Waals surface area contributed by atoms with Gasteiger partial charge in [-0.15, -0.1) is 0 Å². The van der Waals surface area contributed by atoms with Crippen LogP contribution < -0.4 is 5.73 Å². The highest BCUT2D eigenvalue weighted by Crippen LogP contribution is 2.32. The van der Waals surface area contributed by atoms with Crippen LogP contribution in [-0.2, 0) is 16.1 Å². The molecule has 5 nitrogen and oxygen atoms in total. The first kappa shape index (κ1) is 15.9. The fourth-order valence-electron chi connectivity index (χ4n) is 2.81. The number of amides is 1. The van der Waals surface area contributed by atoms with Crippen molar-refractivity contribution in [3.8, 4) is 0 Å². The second-order valence-electron chi connectivity index (χ2n) is 5.69. The van der Waals surface area contributed by atoms with Crippen LogP contribution in [0.15, 0.2) is 18.2 Å². The third-order valence-corrected chi connectivity index (χ3v) is 4.26. The molecule has 1 amide bonds. The van der Waals surface area contributed by atoms with Crippen LogP contribution >= 0.6 is 0 Å².